The van der Waals surface area contributed by atoms with Gasteiger partial charge in [-0.25, -0.2) is 9.18 Å². The molecular formula is C19H18F4N2O5. The van der Waals surface area contributed by atoms with Crippen molar-refractivity contribution in [2.24, 2.45) is 5.73 Å². The van der Waals surface area contributed by atoms with Crippen LogP contribution in [0.15, 0.2) is 48.5 Å². The van der Waals surface area contributed by atoms with E-state index in [0.717, 1.165) is 0 Å². The molecule has 3 atom stereocenters. The molecule has 0 aliphatic rings. The topological polar surface area (TPSA) is 122 Å². The van der Waals surface area contributed by atoms with E-state index in [1.165, 1.54) is 0 Å². The Morgan fingerprint density at radius 2 is 1.77 bits per heavy atom. The minimum absolute atomic E-state index is 0.0939. The molecule has 0 aliphatic heterocycles. The van der Waals surface area contributed by atoms with E-state index in [1.54, 1.807) is 30.3 Å². The molecule has 0 saturated heterocycles. The summed E-state index contributed by atoms with van der Waals surface area (Å²) in [5.74, 6) is -5.10. The lowest BCUT2D eigenvalue weighted by Gasteiger charge is -2.22. The van der Waals surface area contributed by atoms with E-state index >= 15 is 0 Å². The van der Waals surface area contributed by atoms with Gasteiger partial charge in [0.1, 0.15) is 17.7 Å². The average molecular weight is 430 g/mol. The molecule has 11 heteroatoms. The molecule has 0 heterocycles. The van der Waals surface area contributed by atoms with Gasteiger partial charge in [0, 0.05) is 12.1 Å². The normalized spacial score (nSPS) is 14.5. The van der Waals surface area contributed by atoms with Gasteiger partial charge in [0.15, 0.2) is 6.04 Å². The van der Waals surface area contributed by atoms with Gasteiger partial charge >= 0.3 is 12.3 Å². The average Bonchev–Trinajstić information content (AvgIpc) is 2.63. The van der Waals surface area contributed by atoms with Crippen molar-refractivity contribution in [2.75, 3.05) is 0 Å². The predicted octanol–water partition coefficient (Wildman–Crippen LogP) is 1.90. The number of benzene rings is 2. The molecule has 7 nitrogen and oxygen atoms in total. The van der Waals surface area contributed by atoms with E-state index in [0.29, 0.717) is 23.8 Å². The van der Waals surface area contributed by atoms with Crippen molar-refractivity contribution in [3.8, 4) is 5.75 Å². The molecule has 162 valence electrons. The predicted molar refractivity (Wildman–Crippen MR) is 95.7 cm³/mol. The number of ether oxygens (including phenoxy) is 1. The van der Waals surface area contributed by atoms with Gasteiger partial charge in [-0.2, -0.15) is 0 Å². The lowest BCUT2D eigenvalue weighted by Crippen LogP contribution is -2.49. The van der Waals surface area contributed by atoms with Gasteiger partial charge < -0.3 is 26.0 Å². The number of carbonyl (C=O) groups is 2. The van der Waals surface area contributed by atoms with Crippen LogP contribution in [-0.4, -0.2) is 40.6 Å². The highest BCUT2D eigenvalue weighted by Gasteiger charge is 2.33. The molecule has 1 amide bonds. The van der Waals surface area contributed by atoms with Crippen LogP contribution in [0.1, 0.15) is 17.2 Å². The fourth-order valence-electron chi connectivity index (χ4n) is 2.65. The number of nitrogens with two attached hydrogens (primary N) is 1. The van der Waals surface area contributed by atoms with Gasteiger partial charge in [-0.05, 0) is 29.7 Å². The Hall–Kier alpha value is -3.18. The van der Waals surface area contributed by atoms with E-state index in [9.17, 15) is 37.4 Å². The molecule has 30 heavy (non-hydrogen) atoms. The van der Waals surface area contributed by atoms with Crippen LogP contribution in [0.25, 0.3) is 0 Å². The first-order valence-electron chi connectivity index (χ1n) is 8.53. The van der Waals surface area contributed by atoms with Gasteiger partial charge in [0.2, 0.25) is 0 Å². The monoisotopic (exact) mass is 430 g/mol. The number of aliphatic hydroxyl groups excluding tert-OH is 1. The second-order valence-electron chi connectivity index (χ2n) is 6.35. The quantitative estimate of drug-likeness (QED) is 0.475. The molecular weight excluding hydrogens is 412 g/mol. The Morgan fingerprint density at radius 3 is 2.33 bits per heavy atom. The number of nitrogens with one attached hydrogen (secondary N) is 1. The molecule has 2 aromatic rings. The zero-order chi connectivity index (χ0) is 22.5. The lowest BCUT2D eigenvalue weighted by atomic mass is 10.0. The van der Waals surface area contributed by atoms with Gasteiger partial charge in [-0.15, -0.1) is 13.2 Å². The van der Waals surface area contributed by atoms with Crippen LogP contribution in [0.3, 0.4) is 0 Å². The molecule has 5 N–H and O–H groups in total. The minimum Gasteiger partial charge on any atom is -0.479 e. The SMILES string of the molecule is N[C@H](Cc1ccccc1)[C@H](O)C(=O)N[C@@H](C(=O)O)c1cc(F)cc(OC(F)(F)F)c1. The summed E-state index contributed by atoms with van der Waals surface area (Å²) in [5.41, 5.74) is 5.98. The van der Waals surface area contributed by atoms with Crippen molar-refractivity contribution in [3.05, 3.63) is 65.5 Å². The highest BCUT2D eigenvalue weighted by Crippen LogP contribution is 2.27. The summed E-state index contributed by atoms with van der Waals surface area (Å²) in [6.45, 7) is 0. The van der Waals surface area contributed by atoms with E-state index in [2.05, 4.69) is 4.74 Å². The number of hydrogen-bond donors (Lipinski definition) is 4. The molecule has 0 aromatic heterocycles. The summed E-state index contributed by atoms with van der Waals surface area (Å²) in [5, 5.41) is 21.4. The van der Waals surface area contributed by atoms with Crippen LogP contribution in [0.2, 0.25) is 0 Å². The van der Waals surface area contributed by atoms with Crippen molar-refractivity contribution in [1.82, 2.24) is 5.32 Å². The van der Waals surface area contributed by atoms with Crippen molar-refractivity contribution in [3.63, 3.8) is 0 Å². The van der Waals surface area contributed by atoms with Crippen molar-refractivity contribution in [2.45, 2.75) is 31.0 Å². The van der Waals surface area contributed by atoms with Crippen LogP contribution in [-0.2, 0) is 16.0 Å². The van der Waals surface area contributed by atoms with E-state index in [1.807, 2.05) is 5.32 Å². The van der Waals surface area contributed by atoms with E-state index < -0.39 is 53.6 Å². The van der Waals surface area contributed by atoms with Gasteiger partial charge in [-0.1, -0.05) is 30.3 Å². The fraction of sp³-hybridized carbons (Fsp3) is 0.263. The van der Waals surface area contributed by atoms with Gasteiger partial charge in [-0.3, -0.25) is 4.79 Å². The van der Waals surface area contributed by atoms with Gasteiger partial charge in [0.05, 0.1) is 0 Å². The molecule has 0 bridgehead atoms. The molecule has 0 aliphatic carbocycles. The van der Waals surface area contributed by atoms with Crippen LogP contribution in [0, 0.1) is 5.82 Å². The van der Waals surface area contributed by atoms with Crippen LogP contribution in [0.5, 0.6) is 5.75 Å². The maximum absolute atomic E-state index is 13.7. The summed E-state index contributed by atoms with van der Waals surface area (Å²) in [6, 6.07) is 7.21. The number of alkyl halides is 3. The van der Waals surface area contributed by atoms with Crippen molar-refractivity contribution < 1.29 is 42.1 Å². The van der Waals surface area contributed by atoms with Gasteiger partial charge in [0.25, 0.3) is 5.91 Å². The Bertz CT molecular complexity index is 892. The molecule has 0 radical (unpaired) electrons. The van der Waals surface area contributed by atoms with Crippen LogP contribution in [0.4, 0.5) is 17.6 Å². The highest BCUT2D eigenvalue weighted by molar-refractivity contribution is 5.87. The summed E-state index contributed by atoms with van der Waals surface area (Å²) in [4.78, 5) is 23.8. The molecule has 2 rings (SSSR count). The van der Waals surface area contributed by atoms with E-state index in [4.69, 9.17) is 5.73 Å². The number of carbonyl (C=O) groups excluding carboxylic acids is 1. The minimum atomic E-state index is -5.13. The van der Waals surface area contributed by atoms with Crippen LogP contribution < -0.4 is 15.8 Å². The number of amides is 1. The Morgan fingerprint density at radius 1 is 1.13 bits per heavy atom. The second-order valence-corrected chi connectivity index (χ2v) is 6.35. The third-order valence-electron chi connectivity index (χ3n) is 3.98. The Balaban J connectivity index is 2.16. The van der Waals surface area contributed by atoms with E-state index in [-0.39, 0.29) is 6.42 Å². The number of carboxylic acid groups (broad SMARTS) is 1. The standard InChI is InChI=1S/C19H18F4N2O5/c20-12-7-11(8-13(9-12)30-19(21,22)23)15(18(28)29)25-17(27)16(26)14(24)6-10-4-2-1-3-5-10/h1-5,7-9,14-16,26H,6,24H2,(H,25,27)(H,28,29)/t14-,15-,16+/m1/s1. The third kappa shape index (κ3) is 6.71. The number of aliphatic carboxylic acids is 1. The number of rotatable bonds is 8. The number of hydrogen-bond acceptors (Lipinski definition) is 5. The van der Waals surface area contributed by atoms with Crippen LogP contribution >= 0.6 is 0 Å². The number of halogens is 4. The first-order valence-corrected chi connectivity index (χ1v) is 8.53. The Kier molecular flexibility index (Phi) is 7.35. The molecule has 0 fully saturated rings. The number of aliphatic hydroxyl groups is 1. The zero-order valence-corrected chi connectivity index (χ0v) is 15.3. The summed E-state index contributed by atoms with van der Waals surface area (Å²) in [6.07, 6.45) is -6.86. The largest absolute Gasteiger partial charge is 0.573 e. The second kappa shape index (κ2) is 9.55. The Labute approximate surface area is 168 Å². The molecule has 2 aromatic carbocycles. The molecule has 0 spiro atoms. The number of carboxylic acids is 1. The zero-order valence-electron chi connectivity index (χ0n) is 15.3. The summed E-state index contributed by atoms with van der Waals surface area (Å²) < 4.78 is 54.4. The first-order chi connectivity index (χ1) is 14.0. The lowest BCUT2D eigenvalue weighted by molar-refractivity contribution is -0.274. The van der Waals surface area contributed by atoms with Crippen molar-refractivity contribution >= 4 is 11.9 Å². The van der Waals surface area contributed by atoms with Crippen molar-refractivity contribution in [1.29, 1.82) is 0 Å². The third-order valence-corrected chi connectivity index (χ3v) is 3.98. The maximum atomic E-state index is 13.7. The summed E-state index contributed by atoms with van der Waals surface area (Å²) in [7, 11) is 0. The summed E-state index contributed by atoms with van der Waals surface area (Å²) >= 11 is 0. The molecule has 0 unspecified atom stereocenters. The molecule has 0 saturated carbocycles. The first kappa shape index (κ1) is 23.1. The maximum Gasteiger partial charge on any atom is 0.573 e. The highest BCUT2D eigenvalue weighted by atomic mass is 19.4. The smallest absolute Gasteiger partial charge is 0.479 e. The fourth-order valence-corrected chi connectivity index (χ4v) is 2.65.